The van der Waals surface area contributed by atoms with Crippen molar-refractivity contribution < 1.29 is 18.7 Å². The maximum absolute atomic E-state index is 14.0. The highest BCUT2D eigenvalue weighted by atomic mass is 35.5. The number of hydrogen-bond donors (Lipinski definition) is 2. The molecule has 3 rings (SSSR count). The first-order valence-corrected chi connectivity index (χ1v) is 11.3. The number of methoxy groups -OCH3 is 1. The number of hydrogen-bond acceptors (Lipinski definition) is 4. The fourth-order valence-corrected chi connectivity index (χ4v) is 3.61. The van der Waals surface area contributed by atoms with Gasteiger partial charge in [0, 0.05) is 11.6 Å². The summed E-state index contributed by atoms with van der Waals surface area (Å²) in [6, 6.07) is 9.28. The molecule has 6 nitrogen and oxygen atoms in total. The molecule has 0 atom stereocenters. The molecule has 0 saturated heterocycles. The van der Waals surface area contributed by atoms with E-state index in [2.05, 4.69) is 22.3 Å². The van der Waals surface area contributed by atoms with E-state index in [4.69, 9.17) is 21.1 Å². The van der Waals surface area contributed by atoms with Crippen LogP contribution in [0.4, 0.5) is 20.6 Å². The highest BCUT2D eigenvalue weighted by Crippen LogP contribution is 2.33. The van der Waals surface area contributed by atoms with E-state index in [0.29, 0.717) is 47.1 Å². The lowest BCUT2D eigenvalue weighted by Crippen LogP contribution is -2.29. The van der Waals surface area contributed by atoms with Crippen molar-refractivity contribution in [1.82, 2.24) is 5.32 Å². The van der Waals surface area contributed by atoms with E-state index in [1.54, 1.807) is 43.5 Å². The van der Waals surface area contributed by atoms with Crippen molar-refractivity contribution in [3.05, 3.63) is 94.1 Å². The monoisotopic (exact) mass is 495 g/mol. The van der Waals surface area contributed by atoms with Crippen molar-refractivity contribution in [2.75, 3.05) is 12.4 Å². The van der Waals surface area contributed by atoms with Gasteiger partial charge in [-0.15, -0.1) is 0 Å². The van der Waals surface area contributed by atoms with Gasteiger partial charge >= 0.3 is 6.03 Å². The molecule has 0 radical (unpaired) electrons. The number of allylic oxidation sites excluding steroid dienone is 5. The number of nitrogens with zero attached hydrogens (tertiary/aromatic N) is 1. The van der Waals surface area contributed by atoms with Crippen LogP contribution in [0.5, 0.6) is 5.75 Å². The number of aliphatic imine (C=N–C) groups is 1. The second-order valence-corrected chi connectivity index (χ2v) is 8.06. The summed E-state index contributed by atoms with van der Waals surface area (Å²) in [6.07, 6.45) is 8.39. The zero-order valence-electron chi connectivity index (χ0n) is 19.8. The lowest BCUT2D eigenvalue weighted by Gasteiger charge is -2.17. The number of benzene rings is 2. The number of urea groups is 1. The van der Waals surface area contributed by atoms with Gasteiger partial charge in [-0.2, -0.15) is 0 Å². The maximum atomic E-state index is 14.0. The number of carbonyl (C=O) groups excluding carboxylic acids is 1. The molecule has 0 aromatic heterocycles. The Morgan fingerprint density at radius 2 is 1.94 bits per heavy atom. The number of aryl methyl sites for hydroxylation is 1. The number of rotatable bonds is 7. The van der Waals surface area contributed by atoms with E-state index < -0.39 is 11.8 Å². The van der Waals surface area contributed by atoms with Crippen molar-refractivity contribution in [3.63, 3.8) is 0 Å². The summed E-state index contributed by atoms with van der Waals surface area (Å²) in [5.74, 6) is 1.17. The first-order chi connectivity index (χ1) is 16.8. The minimum atomic E-state index is -0.605. The van der Waals surface area contributed by atoms with E-state index in [-0.39, 0.29) is 10.7 Å². The third-order valence-electron chi connectivity index (χ3n) is 5.13. The van der Waals surface area contributed by atoms with Crippen LogP contribution in [0.15, 0.2) is 82.2 Å². The summed E-state index contributed by atoms with van der Waals surface area (Å²) in [5.41, 5.74) is 2.65. The molecule has 1 aliphatic carbocycles. The van der Waals surface area contributed by atoms with Crippen LogP contribution in [-0.4, -0.2) is 19.9 Å². The Balaban J connectivity index is 1.78. The molecule has 2 aromatic rings. The van der Waals surface area contributed by atoms with Crippen LogP contribution in [0.3, 0.4) is 0 Å². The number of anilines is 1. The van der Waals surface area contributed by atoms with Gasteiger partial charge in [0.05, 0.1) is 29.2 Å². The van der Waals surface area contributed by atoms with Gasteiger partial charge < -0.3 is 20.1 Å². The molecule has 0 heterocycles. The van der Waals surface area contributed by atoms with Crippen LogP contribution in [0, 0.1) is 12.7 Å². The Kier molecular flexibility index (Phi) is 8.86. The molecular weight excluding hydrogens is 469 g/mol. The molecule has 35 heavy (non-hydrogen) atoms. The number of nitrogens with one attached hydrogen (secondary N) is 2. The largest absolute Gasteiger partial charge is 0.497 e. The molecule has 2 amide bonds. The lowest BCUT2D eigenvalue weighted by molar-refractivity contribution is 0.254. The van der Waals surface area contributed by atoms with E-state index >= 15 is 0 Å². The SMILES string of the molecule is C=Nc1ccc(OC)cc1/C(=C\C)OC1=CCC/C=C(NC(=O)Nc2cc(C)ccc2F)\C(Cl)=C/1. The molecule has 0 aliphatic heterocycles. The molecule has 8 heteroatoms. The van der Waals surface area contributed by atoms with Crippen LogP contribution >= 0.6 is 11.6 Å². The van der Waals surface area contributed by atoms with Gasteiger partial charge in [0.15, 0.2) is 0 Å². The molecule has 0 saturated carbocycles. The second-order valence-electron chi connectivity index (χ2n) is 7.65. The van der Waals surface area contributed by atoms with Crippen LogP contribution < -0.4 is 15.4 Å². The maximum Gasteiger partial charge on any atom is 0.323 e. The van der Waals surface area contributed by atoms with Crippen molar-refractivity contribution in [3.8, 4) is 5.75 Å². The molecule has 0 unspecified atom stereocenters. The van der Waals surface area contributed by atoms with E-state index in [9.17, 15) is 9.18 Å². The van der Waals surface area contributed by atoms with E-state index in [1.807, 2.05) is 32.1 Å². The standard InChI is InChI=1S/C27H27ClFN3O3/c1-5-26(20-15-18(34-4)11-13-23(20)30-3)35-19-8-6-7-9-24(21(28)16-19)31-27(33)32-25-14-17(2)10-12-22(25)29/h5,8-16H,3,6-7H2,1-2,4H3,(H2,31,32,33)/b19-8?,21-16+,24-9+,26-5+. The first kappa shape index (κ1) is 25.8. The van der Waals surface area contributed by atoms with Crippen molar-refractivity contribution in [2.45, 2.75) is 26.7 Å². The smallest absolute Gasteiger partial charge is 0.323 e. The number of halogens is 2. The predicted molar refractivity (Wildman–Crippen MR) is 140 cm³/mol. The highest BCUT2D eigenvalue weighted by molar-refractivity contribution is 6.32. The predicted octanol–water partition coefficient (Wildman–Crippen LogP) is 7.36. The summed E-state index contributed by atoms with van der Waals surface area (Å²) in [5, 5.41) is 5.47. The average Bonchev–Trinajstić information content (AvgIpc) is 2.84. The van der Waals surface area contributed by atoms with Crippen molar-refractivity contribution in [2.24, 2.45) is 4.99 Å². The molecule has 0 spiro atoms. The van der Waals surface area contributed by atoms with Crippen molar-refractivity contribution in [1.29, 1.82) is 0 Å². The molecule has 1 aliphatic rings. The molecular formula is C27H27ClFN3O3. The van der Waals surface area contributed by atoms with Gasteiger partial charge in [0.1, 0.15) is 23.1 Å². The first-order valence-electron chi connectivity index (χ1n) is 11.0. The minimum absolute atomic E-state index is 0.0839. The zero-order valence-corrected chi connectivity index (χ0v) is 20.6. The van der Waals surface area contributed by atoms with E-state index in [1.165, 1.54) is 6.07 Å². The van der Waals surface area contributed by atoms with Gasteiger partial charge in [-0.25, -0.2) is 9.18 Å². The summed E-state index contributed by atoms with van der Waals surface area (Å²) in [7, 11) is 1.58. The molecule has 0 bridgehead atoms. The molecule has 2 N–H and O–H groups in total. The number of amides is 2. The zero-order chi connectivity index (χ0) is 25.4. The number of ether oxygens (including phenoxy) is 2. The third kappa shape index (κ3) is 6.83. The topological polar surface area (TPSA) is 72.0 Å². The minimum Gasteiger partial charge on any atom is -0.497 e. The Morgan fingerprint density at radius 3 is 2.66 bits per heavy atom. The fraction of sp³-hybridized carbons (Fsp3) is 0.185. The summed E-state index contributed by atoms with van der Waals surface area (Å²) in [4.78, 5) is 16.6. The Morgan fingerprint density at radius 1 is 1.17 bits per heavy atom. The fourth-order valence-electron chi connectivity index (χ4n) is 3.38. The van der Waals surface area contributed by atoms with Crippen LogP contribution in [-0.2, 0) is 4.74 Å². The van der Waals surface area contributed by atoms with Crippen LogP contribution in [0.2, 0.25) is 0 Å². The number of carbonyl (C=O) groups is 1. The third-order valence-corrected chi connectivity index (χ3v) is 5.45. The van der Waals surface area contributed by atoms with Crippen LogP contribution in [0.1, 0.15) is 30.9 Å². The molecule has 0 fully saturated rings. The van der Waals surface area contributed by atoms with Crippen molar-refractivity contribution >= 4 is 41.5 Å². The highest BCUT2D eigenvalue weighted by Gasteiger charge is 2.15. The van der Waals surface area contributed by atoms with Crippen LogP contribution in [0.25, 0.3) is 5.76 Å². The Bertz CT molecular complexity index is 1250. The molecule has 182 valence electrons. The molecule has 2 aromatic carbocycles. The average molecular weight is 496 g/mol. The van der Waals surface area contributed by atoms with Gasteiger partial charge in [0.2, 0.25) is 0 Å². The Labute approximate surface area is 209 Å². The summed E-state index contributed by atoms with van der Waals surface area (Å²) >= 11 is 6.52. The second kappa shape index (κ2) is 12.0. The lowest BCUT2D eigenvalue weighted by atomic mass is 10.1. The summed E-state index contributed by atoms with van der Waals surface area (Å²) < 4.78 is 25.5. The summed E-state index contributed by atoms with van der Waals surface area (Å²) in [6.45, 7) is 7.29. The normalized spacial score (nSPS) is 16.9. The van der Waals surface area contributed by atoms with Gasteiger partial charge in [0.25, 0.3) is 0 Å². The van der Waals surface area contributed by atoms with Gasteiger partial charge in [-0.05, 0) is 81.5 Å². The quantitative estimate of drug-likeness (QED) is 0.311. The Hall–Kier alpha value is -3.84. The van der Waals surface area contributed by atoms with E-state index in [0.717, 1.165) is 5.56 Å². The van der Waals surface area contributed by atoms with Gasteiger partial charge in [-0.1, -0.05) is 23.7 Å². The van der Waals surface area contributed by atoms with Gasteiger partial charge in [-0.3, -0.25) is 4.99 Å².